The zero-order chi connectivity index (χ0) is 10.8. The molecule has 2 atom stereocenters. The van der Waals surface area contributed by atoms with Crippen molar-refractivity contribution >= 4 is 0 Å². The van der Waals surface area contributed by atoms with Gasteiger partial charge in [-0.05, 0) is 18.9 Å². The third-order valence-corrected chi connectivity index (χ3v) is 3.09. The van der Waals surface area contributed by atoms with Crippen LogP contribution in [0.4, 0.5) is 4.39 Å². The molecule has 0 bridgehead atoms. The Morgan fingerprint density at radius 1 is 1.43 bits per heavy atom. The Hall–Kier alpha value is -0.890. The summed E-state index contributed by atoms with van der Waals surface area (Å²) in [6, 6.07) is 6.74. The Morgan fingerprint density at radius 2 is 2.00 bits per heavy atom. The summed E-state index contributed by atoms with van der Waals surface area (Å²) in [5.74, 6) is 0.0530. The molecule has 2 heteroatoms. The van der Waals surface area contributed by atoms with Crippen molar-refractivity contribution in [2.75, 3.05) is 0 Å². The van der Waals surface area contributed by atoms with Crippen LogP contribution in [0.25, 0.3) is 0 Å². The van der Waals surface area contributed by atoms with Crippen LogP contribution in [0.2, 0.25) is 0 Å². The highest BCUT2D eigenvalue weighted by molar-refractivity contribution is 5.25. The van der Waals surface area contributed by atoms with E-state index in [0.717, 1.165) is 6.42 Å². The summed E-state index contributed by atoms with van der Waals surface area (Å²) < 4.78 is 13.5. The molecule has 1 nitrogen and oxygen atoms in total. The Balaban J connectivity index is 3.09. The second kappa shape index (κ2) is 4.09. The molecule has 0 aromatic heterocycles. The smallest absolute Gasteiger partial charge is 0.128 e. The van der Waals surface area contributed by atoms with Crippen molar-refractivity contribution in [3.63, 3.8) is 0 Å². The molecule has 78 valence electrons. The van der Waals surface area contributed by atoms with Crippen LogP contribution >= 0.6 is 0 Å². The van der Waals surface area contributed by atoms with Gasteiger partial charge in [0.05, 0.1) is 0 Å². The molecule has 0 amide bonds. The van der Waals surface area contributed by atoms with Crippen LogP contribution in [0.1, 0.15) is 32.8 Å². The van der Waals surface area contributed by atoms with Gasteiger partial charge in [-0.2, -0.15) is 0 Å². The fourth-order valence-corrected chi connectivity index (χ4v) is 1.59. The fraction of sp³-hybridized carbons (Fsp3) is 0.500. The maximum atomic E-state index is 13.5. The van der Waals surface area contributed by atoms with E-state index >= 15 is 0 Å². The van der Waals surface area contributed by atoms with E-state index in [1.165, 1.54) is 6.07 Å². The molecule has 2 N–H and O–H groups in total. The average Bonchev–Trinajstić information content (AvgIpc) is 2.17. The zero-order valence-electron chi connectivity index (χ0n) is 9.05. The molecule has 2 unspecified atom stereocenters. The molecule has 14 heavy (non-hydrogen) atoms. The lowest BCUT2D eigenvalue weighted by atomic mass is 9.80. The Morgan fingerprint density at radius 3 is 2.50 bits per heavy atom. The molecule has 0 saturated heterocycles. The van der Waals surface area contributed by atoms with E-state index in [1.54, 1.807) is 12.1 Å². The molecule has 0 fully saturated rings. The number of nitrogens with two attached hydrogens (primary N) is 1. The first-order valence-electron chi connectivity index (χ1n) is 5.04. The number of hydrogen-bond acceptors (Lipinski definition) is 1. The van der Waals surface area contributed by atoms with Crippen molar-refractivity contribution < 1.29 is 4.39 Å². The second-order valence-corrected chi connectivity index (χ2v) is 4.07. The molecule has 0 heterocycles. The van der Waals surface area contributed by atoms with Gasteiger partial charge in [0.15, 0.2) is 0 Å². The standard InChI is InChI=1S/C12H18FN/c1-4-9(2)12(3,14)10-7-5-6-8-11(10)13/h5-9H,4,14H2,1-3H3. The van der Waals surface area contributed by atoms with E-state index in [1.807, 2.05) is 19.9 Å². The molecule has 0 aliphatic carbocycles. The third kappa shape index (κ3) is 1.95. The number of halogens is 1. The first-order chi connectivity index (χ1) is 6.50. The molecule has 0 spiro atoms. The van der Waals surface area contributed by atoms with Crippen molar-refractivity contribution in [1.82, 2.24) is 0 Å². The monoisotopic (exact) mass is 195 g/mol. The highest BCUT2D eigenvalue weighted by Crippen LogP contribution is 2.30. The number of benzene rings is 1. The minimum atomic E-state index is -0.583. The summed E-state index contributed by atoms with van der Waals surface area (Å²) in [5, 5.41) is 0. The predicted octanol–water partition coefficient (Wildman–Crippen LogP) is 3.05. The molecule has 0 saturated carbocycles. The van der Waals surface area contributed by atoms with E-state index in [2.05, 4.69) is 6.92 Å². The molecule has 1 rings (SSSR count). The summed E-state index contributed by atoms with van der Waals surface area (Å²) in [5.41, 5.74) is 6.18. The first kappa shape index (κ1) is 11.2. The fourth-order valence-electron chi connectivity index (χ4n) is 1.59. The van der Waals surface area contributed by atoms with E-state index in [0.29, 0.717) is 5.56 Å². The number of rotatable bonds is 3. The van der Waals surface area contributed by atoms with Crippen LogP contribution < -0.4 is 5.73 Å². The minimum absolute atomic E-state index is 0.210. The van der Waals surface area contributed by atoms with E-state index in [9.17, 15) is 4.39 Å². The van der Waals surface area contributed by atoms with Crippen LogP contribution in [0.3, 0.4) is 0 Å². The van der Waals surface area contributed by atoms with Crippen molar-refractivity contribution in [3.05, 3.63) is 35.6 Å². The van der Waals surface area contributed by atoms with E-state index in [-0.39, 0.29) is 11.7 Å². The highest BCUT2D eigenvalue weighted by atomic mass is 19.1. The lowest BCUT2D eigenvalue weighted by Gasteiger charge is -2.31. The Kier molecular flexibility index (Phi) is 3.27. The van der Waals surface area contributed by atoms with Gasteiger partial charge in [-0.25, -0.2) is 4.39 Å². The van der Waals surface area contributed by atoms with Crippen LogP contribution in [0.15, 0.2) is 24.3 Å². The lowest BCUT2D eigenvalue weighted by molar-refractivity contribution is 0.305. The molecular formula is C12H18FN. The lowest BCUT2D eigenvalue weighted by Crippen LogP contribution is -2.40. The van der Waals surface area contributed by atoms with Crippen LogP contribution in [-0.4, -0.2) is 0 Å². The second-order valence-electron chi connectivity index (χ2n) is 4.07. The Bertz CT molecular complexity index is 307. The van der Waals surface area contributed by atoms with Gasteiger partial charge in [-0.3, -0.25) is 0 Å². The predicted molar refractivity (Wildman–Crippen MR) is 57.4 cm³/mol. The van der Waals surface area contributed by atoms with Crippen LogP contribution in [0, 0.1) is 11.7 Å². The minimum Gasteiger partial charge on any atom is -0.321 e. The van der Waals surface area contributed by atoms with Gasteiger partial charge in [0, 0.05) is 11.1 Å². The summed E-state index contributed by atoms with van der Waals surface area (Å²) in [6.45, 7) is 6.00. The normalized spacial score (nSPS) is 17.5. The van der Waals surface area contributed by atoms with Crippen molar-refractivity contribution in [1.29, 1.82) is 0 Å². The maximum absolute atomic E-state index is 13.5. The third-order valence-electron chi connectivity index (χ3n) is 3.09. The zero-order valence-corrected chi connectivity index (χ0v) is 9.05. The van der Waals surface area contributed by atoms with Crippen molar-refractivity contribution in [2.45, 2.75) is 32.7 Å². The number of hydrogen-bond donors (Lipinski definition) is 1. The van der Waals surface area contributed by atoms with Crippen molar-refractivity contribution in [2.24, 2.45) is 11.7 Å². The summed E-state index contributed by atoms with van der Waals surface area (Å²) in [7, 11) is 0. The quantitative estimate of drug-likeness (QED) is 0.788. The summed E-state index contributed by atoms with van der Waals surface area (Å²) in [4.78, 5) is 0. The van der Waals surface area contributed by atoms with Gasteiger partial charge in [0.25, 0.3) is 0 Å². The van der Waals surface area contributed by atoms with Gasteiger partial charge in [-0.1, -0.05) is 38.5 Å². The van der Waals surface area contributed by atoms with Crippen LogP contribution in [-0.2, 0) is 5.54 Å². The molecule has 0 aliphatic heterocycles. The van der Waals surface area contributed by atoms with E-state index in [4.69, 9.17) is 5.73 Å². The molecule has 0 radical (unpaired) electrons. The summed E-state index contributed by atoms with van der Waals surface area (Å²) >= 11 is 0. The SMILES string of the molecule is CCC(C)C(C)(N)c1ccccc1F. The molecule has 1 aromatic rings. The van der Waals surface area contributed by atoms with Gasteiger partial charge >= 0.3 is 0 Å². The molecule has 1 aromatic carbocycles. The highest BCUT2D eigenvalue weighted by Gasteiger charge is 2.29. The molecule has 0 aliphatic rings. The van der Waals surface area contributed by atoms with E-state index < -0.39 is 5.54 Å². The van der Waals surface area contributed by atoms with Gasteiger partial charge in [-0.15, -0.1) is 0 Å². The topological polar surface area (TPSA) is 26.0 Å². The summed E-state index contributed by atoms with van der Waals surface area (Å²) in [6.07, 6.45) is 0.946. The van der Waals surface area contributed by atoms with Gasteiger partial charge < -0.3 is 5.73 Å². The van der Waals surface area contributed by atoms with Crippen LogP contribution in [0.5, 0.6) is 0 Å². The maximum Gasteiger partial charge on any atom is 0.128 e. The largest absolute Gasteiger partial charge is 0.321 e. The first-order valence-corrected chi connectivity index (χ1v) is 5.04. The van der Waals surface area contributed by atoms with Gasteiger partial charge in [0.1, 0.15) is 5.82 Å². The molecular weight excluding hydrogens is 177 g/mol. The van der Waals surface area contributed by atoms with Crippen molar-refractivity contribution in [3.8, 4) is 0 Å². The van der Waals surface area contributed by atoms with Gasteiger partial charge in [0.2, 0.25) is 0 Å². The Labute approximate surface area is 85.1 Å². The average molecular weight is 195 g/mol.